The van der Waals surface area contributed by atoms with Gasteiger partial charge in [-0.05, 0) is 27.3 Å². The molecule has 0 aromatic rings. The Morgan fingerprint density at radius 2 is 1.92 bits per heavy atom. The van der Waals surface area contributed by atoms with Gasteiger partial charge in [0.2, 0.25) is 0 Å². The van der Waals surface area contributed by atoms with Gasteiger partial charge in [-0.3, -0.25) is 0 Å². The number of ether oxygens (including phenoxy) is 1. The number of aliphatic hydroxyl groups is 2. The number of rotatable bonds is 7. The summed E-state index contributed by atoms with van der Waals surface area (Å²) < 4.78 is 5.32. The van der Waals surface area contributed by atoms with E-state index in [-0.39, 0.29) is 12.2 Å². The molecule has 0 radical (unpaired) electrons. The smallest absolute Gasteiger partial charge is 0.0897 e. The van der Waals surface area contributed by atoms with Gasteiger partial charge >= 0.3 is 0 Å². The lowest BCUT2D eigenvalue weighted by molar-refractivity contribution is -0.0181. The van der Waals surface area contributed by atoms with Crippen molar-refractivity contribution in [1.82, 2.24) is 5.32 Å². The van der Waals surface area contributed by atoms with E-state index >= 15 is 0 Å². The summed E-state index contributed by atoms with van der Waals surface area (Å²) >= 11 is 0. The van der Waals surface area contributed by atoms with Crippen LogP contribution in [0.1, 0.15) is 20.3 Å². The number of aliphatic hydroxyl groups excluding tert-OH is 2. The molecule has 0 rings (SSSR count). The Kier molecular flexibility index (Phi) is 7.17. The quantitative estimate of drug-likeness (QED) is 0.519. The first kappa shape index (κ1) is 12.8. The van der Waals surface area contributed by atoms with Gasteiger partial charge in [-0.15, -0.1) is 0 Å². The van der Waals surface area contributed by atoms with E-state index in [2.05, 4.69) is 5.32 Å². The molecule has 13 heavy (non-hydrogen) atoms. The second-order valence-corrected chi connectivity index (χ2v) is 3.44. The number of hydrogen-bond donors (Lipinski definition) is 3. The number of nitrogens with one attached hydrogen (secondary N) is 1. The van der Waals surface area contributed by atoms with Crippen molar-refractivity contribution in [1.29, 1.82) is 0 Å². The minimum absolute atomic E-state index is 0.00786. The third-order valence-corrected chi connectivity index (χ3v) is 1.69. The van der Waals surface area contributed by atoms with Crippen LogP contribution in [0.4, 0.5) is 0 Å². The highest BCUT2D eigenvalue weighted by Gasteiger charge is 2.09. The van der Waals surface area contributed by atoms with Gasteiger partial charge in [0.1, 0.15) is 0 Å². The highest BCUT2D eigenvalue weighted by molar-refractivity contribution is 4.59. The van der Waals surface area contributed by atoms with Crippen molar-refractivity contribution in [3.05, 3.63) is 0 Å². The molecular formula is C9H21NO3. The van der Waals surface area contributed by atoms with E-state index in [1.165, 1.54) is 0 Å². The van der Waals surface area contributed by atoms with Crippen LogP contribution in [0.5, 0.6) is 0 Å². The summed E-state index contributed by atoms with van der Waals surface area (Å²) in [6.45, 7) is 4.46. The van der Waals surface area contributed by atoms with Crippen LogP contribution in [0.15, 0.2) is 0 Å². The Hall–Kier alpha value is -0.160. The van der Waals surface area contributed by atoms with Crippen LogP contribution in [-0.4, -0.2) is 48.7 Å². The average Bonchev–Trinajstić information content (AvgIpc) is 2.00. The molecule has 0 bridgehead atoms. The van der Waals surface area contributed by atoms with Gasteiger partial charge in [0.25, 0.3) is 0 Å². The van der Waals surface area contributed by atoms with E-state index < -0.39 is 6.10 Å². The first-order valence-corrected chi connectivity index (χ1v) is 4.68. The first-order chi connectivity index (χ1) is 6.06. The molecule has 3 atom stereocenters. The summed E-state index contributed by atoms with van der Waals surface area (Å²) in [4.78, 5) is 0. The largest absolute Gasteiger partial charge is 0.393 e. The molecule has 0 spiro atoms. The Morgan fingerprint density at radius 3 is 2.38 bits per heavy atom. The zero-order chi connectivity index (χ0) is 10.3. The fraction of sp³-hybridized carbons (Fsp3) is 1.00. The lowest BCUT2D eigenvalue weighted by Gasteiger charge is -2.17. The van der Waals surface area contributed by atoms with Crippen LogP contribution in [0.25, 0.3) is 0 Å². The lowest BCUT2D eigenvalue weighted by atomic mass is 10.2. The fourth-order valence-corrected chi connectivity index (χ4v) is 1.12. The average molecular weight is 191 g/mol. The highest BCUT2D eigenvalue weighted by Crippen LogP contribution is 2.02. The Labute approximate surface area is 79.9 Å². The second-order valence-electron chi connectivity index (χ2n) is 3.44. The van der Waals surface area contributed by atoms with Gasteiger partial charge < -0.3 is 20.3 Å². The van der Waals surface area contributed by atoms with Gasteiger partial charge in [-0.2, -0.15) is 0 Å². The molecule has 0 aromatic heterocycles. The molecule has 0 saturated heterocycles. The fourth-order valence-electron chi connectivity index (χ4n) is 1.12. The van der Waals surface area contributed by atoms with Crippen molar-refractivity contribution in [2.75, 3.05) is 20.2 Å². The van der Waals surface area contributed by atoms with Gasteiger partial charge in [0, 0.05) is 6.54 Å². The Morgan fingerprint density at radius 1 is 1.31 bits per heavy atom. The summed E-state index contributed by atoms with van der Waals surface area (Å²) in [6, 6.07) is 0. The van der Waals surface area contributed by atoms with E-state index in [0.29, 0.717) is 19.6 Å². The standard InChI is InChI=1S/C9H21NO3/c1-7(11)4-8(2)13-6-9(12)5-10-3/h7-12H,4-6H2,1-3H3. The van der Waals surface area contributed by atoms with Crippen molar-refractivity contribution in [2.24, 2.45) is 0 Å². The van der Waals surface area contributed by atoms with Gasteiger partial charge in [0.05, 0.1) is 24.9 Å². The molecule has 4 heteroatoms. The summed E-state index contributed by atoms with van der Waals surface area (Å²) in [5, 5.41) is 21.2. The maximum atomic E-state index is 9.28. The third-order valence-electron chi connectivity index (χ3n) is 1.69. The summed E-state index contributed by atoms with van der Waals surface area (Å²) in [5.41, 5.74) is 0. The van der Waals surface area contributed by atoms with E-state index in [1.54, 1.807) is 14.0 Å². The van der Waals surface area contributed by atoms with E-state index in [1.807, 2.05) is 6.92 Å². The monoisotopic (exact) mass is 191 g/mol. The molecule has 3 unspecified atom stereocenters. The molecule has 0 aromatic carbocycles. The summed E-state index contributed by atoms with van der Waals surface area (Å²) in [5.74, 6) is 0. The Balaban J connectivity index is 3.40. The predicted octanol–water partition coefficient (Wildman–Crippen LogP) is -0.257. The molecule has 80 valence electrons. The van der Waals surface area contributed by atoms with Crippen molar-refractivity contribution >= 4 is 0 Å². The molecule has 3 N–H and O–H groups in total. The van der Waals surface area contributed by atoms with Crippen molar-refractivity contribution in [2.45, 2.75) is 38.6 Å². The van der Waals surface area contributed by atoms with Crippen molar-refractivity contribution in [3.63, 3.8) is 0 Å². The minimum atomic E-state index is -0.471. The summed E-state index contributed by atoms with van der Waals surface area (Å²) in [6.07, 6.45) is -0.226. The SMILES string of the molecule is CNCC(O)COC(C)CC(C)O. The topological polar surface area (TPSA) is 61.7 Å². The minimum Gasteiger partial charge on any atom is -0.393 e. The van der Waals surface area contributed by atoms with Crippen LogP contribution in [-0.2, 0) is 4.74 Å². The van der Waals surface area contributed by atoms with Gasteiger partial charge in [0.15, 0.2) is 0 Å². The first-order valence-electron chi connectivity index (χ1n) is 4.68. The Bertz CT molecular complexity index is 119. The van der Waals surface area contributed by atoms with Crippen molar-refractivity contribution in [3.8, 4) is 0 Å². The predicted molar refractivity (Wildman–Crippen MR) is 51.6 cm³/mol. The number of likely N-dealkylation sites (N-methyl/N-ethyl adjacent to an activating group) is 1. The second kappa shape index (κ2) is 7.26. The van der Waals surface area contributed by atoms with Crippen LogP contribution in [0.2, 0.25) is 0 Å². The molecule has 0 saturated carbocycles. The van der Waals surface area contributed by atoms with E-state index in [0.717, 1.165) is 0 Å². The maximum Gasteiger partial charge on any atom is 0.0897 e. The third kappa shape index (κ3) is 8.18. The zero-order valence-electron chi connectivity index (χ0n) is 8.66. The lowest BCUT2D eigenvalue weighted by Crippen LogP contribution is -2.30. The molecule has 0 fully saturated rings. The van der Waals surface area contributed by atoms with Crippen molar-refractivity contribution < 1.29 is 14.9 Å². The van der Waals surface area contributed by atoms with E-state index in [4.69, 9.17) is 9.84 Å². The molecule has 0 aliphatic heterocycles. The number of hydrogen-bond acceptors (Lipinski definition) is 4. The molecule has 0 aliphatic carbocycles. The van der Waals surface area contributed by atoms with E-state index in [9.17, 15) is 5.11 Å². The summed E-state index contributed by atoms with van der Waals surface area (Å²) in [7, 11) is 1.78. The molecule has 0 aliphatic rings. The normalized spacial score (nSPS) is 18.2. The molecular weight excluding hydrogens is 170 g/mol. The van der Waals surface area contributed by atoms with Crippen LogP contribution in [0, 0.1) is 0 Å². The highest BCUT2D eigenvalue weighted by atomic mass is 16.5. The molecule has 0 amide bonds. The van der Waals surface area contributed by atoms with Gasteiger partial charge in [-0.1, -0.05) is 0 Å². The maximum absolute atomic E-state index is 9.28. The van der Waals surface area contributed by atoms with Crippen LogP contribution >= 0.6 is 0 Å². The van der Waals surface area contributed by atoms with Crippen LogP contribution < -0.4 is 5.32 Å². The van der Waals surface area contributed by atoms with Crippen LogP contribution in [0.3, 0.4) is 0 Å². The molecule has 4 nitrogen and oxygen atoms in total. The molecule has 0 heterocycles. The zero-order valence-corrected chi connectivity index (χ0v) is 8.66. The van der Waals surface area contributed by atoms with Gasteiger partial charge in [-0.25, -0.2) is 0 Å².